The lowest BCUT2D eigenvalue weighted by atomic mass is 9.75. The summed E-state index contributed by atoms with van der Waals surface area (Å²) < 4.78 is 11.8. The normalized spacial score (nSPS) is 28.9. The highest BCUT2D eigenvalue weighted by Crippen LogP contribution is 2.41. The summed E-state index contributed by atoms with van der Waals surface area (Å²) in [5.41, 5.74) is 0.473. The summed E-state index contributed by atoms with van der Waals surface area (Å²) in [6, 6.07) is 0. The van der Waals surface area contributed by atoms with Crippen LogP contribution in [0, 0.1) is 11.3 Å². The van der Waals surface area contributed by atoms with Crippen LogP contribution in [0.25, 0.3) is 0 Å². The quantitative estimate of drug-likeness (QED) is 0.810. The van der Waals surface area contributed by atoms with E-state index in [1.165, 1.54) is 32.1 Å². The highest BCUT2D eigenvalue weighted by Gasteiger charge is 2.39. The van der Waals surface area contributed by atoms with Crippen molar-refractivity contribution >= 4 is 0 Å². The summed E-state index contributed by atoms with van der Waals surface area (Å²) >= 11 is 0. The fourth-order valence-electron chi connectivity index (χ4n) is 3.59. The molecule has 0 aromatic heterocycles. The molecule has 2 aliphatic rings. The largest absolute Gasteiger partial charge is 0.381 e. The predicted molar refractivity (Wildman–Crippen MR) is 83.0 cm³/mol. The molecule has 1 unspecified atom stereocenters. The molecule has 118 valence electrons. The molecule has 0 radical (unpaired) electrons. The van der Waals surface area contributed by atoms with Gasteiger partial charge < -0.3 is 14.8 Å². The van der Waals surface area contributed by atoms with Gasteiger partial charge in [-0.25, -0.2) is 0 Å². The first kappa shape index (κ1) is 16.3. The molecule has 0 bridgehead atoms. The number of hydrogen-bond acceptors (Lipinski definition) is 3. The van der Waals surface area contributed by atoms with Crippen LogP contribution in [0.15, 0.2) is 0 Å². The first-order valence-corrected chi connectivity index (χ1v) is 8.37. The molecule has 2 aliphatic heterocycles. The Kier molecular flexibility index (Phi) is 5.49. The van der Waals surface area contributed by atoms with Crippen molar-refractivity contribution in [3.05, 3.63) is 0 Å². The van der Waals surface area contributed by atoms with Gasteiger partial charge in [-0.05, 0) is 63.8 Å². The van der Waals surface area contributed by atoms with E-state index in [-0.39, 0.29) is 5.60 Å². The van der Waals surface area contributed by atoms with Crippen LogP contribution >= 0.6 is 0 Å². The lowest BCUT2D eigenvalue weighted by Crippen LogP contribution is -2.42. The molecule has 1 atom stereocenters. The van der Waals surface area contributed by atoms with E-state index in [0.29, 0.717) is 17.4 Å². The molecule has 2 fully saturated rings. The van der Waals surface area contributed by atoms with Gasteiger partial charge in [-0.15, -0.1) is 0 Å². The van der Waals surface area contributed by atoms with Gasteiger partial charge >= 0.3 is 0 Å². The third kappa shape index (κ3) is 4.71. The first-order valence-electron chi connectivity index (χ1n) is 8.37. The molecule has 2 saturated heterocycles. The maximum atomic E-state index is 6.24. The summed E-state index contributed by atoms with van der Waals surface area (Å²) in [5.74, 6) is 0.716. The highest BCUT2D eigenvalue weighted by atomic mass is 16.5. The predicted octanol–water partition coefficient (Wildman–Crippen LogP) is 3.38. The third-order valence-corrected chi connectivity index (χ3v) is 4.82. The molecular weight excluding hydrogens is 250 g/mol. The number of rotatable bonds is 6. The summed E-state index contributed by atoms with van der Waals surface area (Å²) in [6.45, 7) is 13.0. The van der Waals surface area contributed by atoms with Crippen LogP contribution in [-0.2, 0) is 9.47 Å². The van der Waals surface area contributed by atoms with Gasteiger partial charge in [0.1, 0.15) is 0 Å². The second kappa shape index (κ2) is 6.76. The van der Waals surface area contributed by atoms with Crippen LogP contribution in [0.4, 0.5) is 0 Å². The zero-order chi connectivity index (χ0) is 14.6. The topological polar surface area (TPSA) is 30.5 Å². The molecule has 3 heteroatoms. The van der Waals surface area contributed by atoms with E-state index in [4.69, 9.17) is 9.47 Å². The molecule has 2 rings (SSSR count). The van der Waals surface area contributed by atoms with Crippen LogP contribution in [0.5, 0.6) is 0 Å². The zero-order valence-corrected chi connectivity index (χ0v) is 13.8. The minimum Gasteiger partial charge on any atom is -0.381 e. The fourth-order valence-corrected chi connectivity index (χ4v) is 3.59. The van der Waals surface area contributed by atoms with Gasteiger partial charge in [-0.3, -0.25) is 0 Å². The van der Waals surface area contributed by atoms with Crippen molar-refractivity contribution in [3.8, 4) is 0 Å². The fraction of sp³-hybridized carbons (Fsp3) is 1.00. The van der Waals surface area contributed by atoms with Gasteiger partial charge in [0.05, 0.1) is 11.7 Å². The SMILES string of the molecule is CC(C)CNCC1(CC2CCC(C)(C)O2)CCOCC1. The molecule has 0 aromatic carbocycles. The van der Waals surface area contributed by atoms with Gasteiger partial charge in [-0.2, -0.15) is 0 Å². The van der Waals surface area contributed by atoms with E-state index in [9.17, 15) is 0 Å². The van der Waals surface area contributed by atoms with Crippen molar-refractivity contribution in [1.29, 1.82) is 0 Å². The smallest absolute Gasteiger partial charge is 0.0631 e. The molecule has 0 saturated carbocycles. The van der Waals surface area contributed by atoms with Crippen molar-refractivity contribution in [1.82, 2.24) is 5.32 Å². The second-order valence-electron chi connectivity index (χ2n) is 7.88. The molecule has 2 heterocycles. The molecule has 0 spiro atoms. The van der Waals surface area contributed by atoms with Crippen LogP contribution in [0.2, 0.25) is 0 Å². The second-order valence-corrected chi connectivity index (χ2v) is 7.88. The van der Waals surface area contributed by atoms with E-state index in [2.05, 4.69) is 33.0 Å². The van der Waals surface area contributed by atoms with Gasteiger partial charge in [0.2, 0.25) is 0 Å². The third-order valence-electron chi connectivity index (χ3n) is 4.82. The Balaban J connectivity index is 1.89. The standard InChI is InChI=1S/C17H33NO2/c1-14(2)12-18-13-17(7-9-19-10-8-17)11-15-5-6-16(3,4)20-15/h14-15,18H,5-13H2,1-4H3. The van der Waals surface area contributed by atoms with Gasteiger partial charge in [0.25, 0.3) is 0 Å². The maximum absolute atomic E-state index is 6.24. The first-order chi connectivity index (χ1) is 9.41. The number of hydrogen-bond donors (Lipinski definition) is 1. The Morgan fingerprint density at radius 1 is 1.15 bits per heavy atom. The Morgan fingerprint density at radius 3 is 2.40 bits per heavy atom. The summed E-state index contributed by atoms with van der Waals surface area (Å²) in [5, 5.41) is 3.68. The van der Waals surface area contributed by atoms with E-state index in [0.717, 1.165) is 26.3 Å². The highest BCUT2D eigenvalue weighted by molar-refractivity contribution is 4.90. The van der Waals surface area contributed by atoms with Gasteiger partial charge in [-0.1, -0.05) is 13.8 Å². The van der Waals surface area contributed by atoms with Crippen LogP contribution in [0.1, 0.15) is 59.8 Å². The minimum absolute atomic E-state index is 0.0857. The lowest BCUT2D eigenvalue weighted by Gasteiger charge is -2.39. The zero-order valence-electron chi connectivity index (χ0n) is 13.8. The van der Waals surface area contributed by atoms with Crippen molar-refractivity contribution in [2.75, 3.05) is 26.3 Å². The van der Waals surface area contributed by atoms with Crippen molar-refractivity contribution in [2.24, 2.45) is 11.3 Å². The monoisotopic (exact) mass is 283 g/mol. The van der Waals surface area contributed by atoms with Crippen molar-refractivity contribution < 1.29 is 9.47 Å². The van der Waals surface area contributed by atoms with E-state index in [1.54, 1.807) is 0 Å². The van der Waals surface area contributed by atoms with E-state index < -0.39 is 0 Å². The maximum Gasteiger partial charge on any atom is 0.0631 e. The average molecular weight is 283 g/mol. The van der Waals surface area contributed by atoms with Crippen LogP contribution in [-0.4, -0.2) is 38.0 Å². The van der Waals surface area contributed by atoms with Crippen molar-refractivity contribution in [3.63, 3.8) is 0 Å². The Labute approximate surface area is 124 Å². The van der Waals surface area contributed by atoms with Crippen LogP contribution in [0.3, 0.4) is 0 Å². The molecule has 0 aromatic rings. The summed E-state index contributed by atoms with van der Waals surface area (Å²) in [4.78, 5) is 0. The van der Waals surface area contributed by atoms with Crippen molar-refractivity contribution in [2.45, 2.75) is 71.5 Å². The van der Waals surface area contributed by atoms with Gasteiger partial charge in [0.15, 0.2) is 0 Å². The average Bonchev–Trinajstić information content (AvgIpc) is 2.69. The molecule has 1 N–H and O–H groups in total. The van der Waals surface area contributed by atoms with E-state index >= 15 is 0 Å². The summed E-state index contributed by atoms with van der Waals surface area (Å²) in [7, 11) is 0. The minimum atomic E-state index is 0.0857. The lowest BCUT2D eigenvalue weighted by molar-refractivity contribution is -0.0584. The Morgan fingerprint density at radius 2 is 1.85 bits per heavy atom. The molecule has 20 heavy (non-hydrogen) atoms. The Bertz CT molecular complexity index is 295. The number of ether oxygens (including phenoxy) is 2. The molecular formula is C17H33NO2. The molecule has 0 aliphatic carbocycles. The van der Waals surface area contributed by atoms with Crippen LogP contribution < -0.4 is 5.32 Å². The molecule has 3 nitrogen and oxygen atoms in total. The van der Waals surface area contributed by atoms with Gasteiger partial charge in [0, 0.05) is 19.8 Å². The molecule has 0 amide bonds. The number of nitrogens with one attached hydrogen (secondary N) is 1. The van der Waals surface area contributed by atoms with E-state index in [1.807, 2.05) is 0 Å². The summed E-state index contributed by atoms with van der Waals surface area (Å²) in [6.07, 6.45) is 6.43. The Hall–Kier alpha value is -0.120.